The molecule has 7 amide bonds. The van der Waals surface area contributed by atoms with Crippen molar-refractivity contribution in [3.63, 3.8) is 0 Å². The highest BCUT2D eigenvalue weighted by atomic mass is 16.4. The van der Waals surface area contributed by atoms with Gasteiger partial charge in [0.25, 0.3) is 0 Å². The first-order chi connectivity index (χ1) is 28.1. The minimum Gasteiger partial charge on any atom is -0.481 e. The van der Waals surface area contributed by atoms with Gasteiger partial charge in [-0.25, -0.2) is 4.79 Å². The van der Waals surface area contributed by atoms with Crippen LogP contribution in [0.2, 0.25) is 0 Å². The second kappa shape index (κ2) is 26.1. The van der Waals surface area contributed by atoms with Crippen LogP contribution < -0.4 is 55.3 Å². The molecule has 0 bridgehead atoms. The normalized spacial score (nSPS) is 16.9. The van der Waals surface area contributed by atoms with Crippen LogP contribution in [0.25, 0.3) is 0 Å². The molecule has 0 saturated carbocycles. The third-order valence-corrected chi connectivity index (χ3v) is 9.54. The van der Waals surface area contributed by atoms with Gasteiger partial charge in [0.1, 0.15) is 36.3 Å². The van der Waals surface area contributed by atoms with E-state index in [0.29, 0.717) is 25.7 Å². The largest absolute Gasteiger partial charge is 0.481 e. The number of carbonyl (C=O) groups excluding carboxylic acids is 7. The summed E-state index contributed by atoms with van der Waals surface area (Å²) in [7, 11) is 0. The van der Waals surface area contributed by atoms with Crippen LogP contribution in [0.15, 0.2) is 4.99 Å². The lowest BCUT2D eigenvalue weighted by molar-refractivity contribution is -0.146. The second-order valence-corrected chi connectivity index (χ2v) is 14.4. The number of amides is 7. The van der Waals surface area contributed by atoms with Crippen molar-refractivity contribution in [3.05, 3.63) is 0 Å². The number of hydrogen-bond acceptors (Lipinski definition) is 13. The minimum atomic E-state index is -1.83. The Bertz CT molecular complexity index is 1590. The van der Waals surface area contributed by atoms with Crippen molar-refractivity contribution in [1.29, 1.82) is 0 Å². The highest BCUT2D eigenvalue weighted by Crippen LogP contribution is 2.21. The van der Waals surface area contributed by atoms with Crippen LogP contribution in [-0.2, 0) is 47.9 Å². The number of nitrogens with one attached hydrogen (secondary N) is 5. The van der Waals surface area contributed by atoms with E-state index < -0.39 is 127 Å². The standard InChI is InChI=1S/C35H60N12O13/c1-3-17(2)27(46-30(55)21(16-26(51)52)43-28(53)18(37)8-6-12-41-35(39)40)32(57)42-19(9-4-5-11-36)33(58)47-13-7-10-23(47)31(56)44-20(15-25(49)50)29(54)45-22(34(59)60)14-24(38)48/h17-23,27H,3-16,36-37H2,1-2H3,(H2,38,48)(H,42,57)(H,43,53)(H,44,56)(H,45,54)(H,46,55)(H,49,50)(H,51,52)(H,59,60)(H4,39,40,41). The number of nitrogens with two attached hydrogens (primary N) is 5. The van der Waals surface area contributed by atoms with Crippen molar-refractivity contribution in [2.45, 2.75) is 127 Å². The van der Waals surface area contributed by atoms with Crippen molar-refractivity contribution in [2.75, 3.05) is 19.6 Å². The molecule has 1 fully saturated rings. The topological polar surface area (TPSA) is 437 Å². The number of likely N-dealkylation sites (tertiary alicyclic amines) is 1. The Hall–Kier alpha value is -6.11. The summed E-state index contributed by atoms with van der Waals surface area (Å²) in [6.07, 6.45) is -0.863. The molecule has 338 valence electrons. The molecule has 25 nitrogen and oxygen atoms in total. The van der Waals surface area contributed by atoms with Crippen LogP contribution >= 0.6 is 0 Å². The van der Waals surface area contributed by atoms with Crippen molar-refractivity contribution >= 4 is 65.2 Å². The number of carboxylic acids is 3. The quantitative estimate of drug-likeness (QED) is 0.0199. The van der Waals surface area contributed by atoms with Gasteiger partial charge in [-0.3, -0.25) is 48.1 Å². The van der Waals surface area contributed by atoms with E-state index in [0.717, 1.165) is 4.90 Å². The number of rotatable bonds is 28. The van der Waals surface area contributed by atoms with Gasteiger partial charge in [0.2, 0.25) is 41.4 Å². The highest BCUT2D eigenvalue weighted by Gasteiger charge is 2.41. The van der Waals surface area contributed by atoms with Gasteiger partial charge in [-0.1, -0.05) is 20.3 Å². The van der Waals surface area contributed by atoms with Gasteiger partial charge < -0.3 is 75.5 Å². The molecule has 0 radical (unpaired) electrons. The predicted octanol–water partition coefficient (Wildman–Crippen LogP) is -5.13. The minimum absolute atomic E-state index is 0.00813. The lowest BCUT2D eigenvalue weighted by Gasteiger charge is -2.32. The molecular weight excluding hydrogens is 796 g/mol. The molecule has 18 N–H and O–H groups in total. The Morgan fingerprint density at radius 3 is 1.82 bits per heavy atom. The van der Waals surface area contributed by atoms with Crippen molar-refractivity contribution in [1.82, 2.24) is 31.5 Å². The zero-order chi connectivity index (χ0) is 45.7. The van der Waals surface area contributed by atoms with Gasteiger partial charge in [0.15, 0.2) is 5.96 Å². The summed E-state index contributed by atoms with van der Waals surface area (Å²) in [6.45, 7) is 3.74. The zero-order valence-electron chi connectivity index (χ0n) is 33.7. The van der Waals surface area contributed by atoms with Crippen LogP contribution in [0, 0.1) is 5.92 Å². The maximum Gasteiger partial charge on any atom is 0.326 e. The fourth-order valence-corrected chi connectivity index (χ4v) is 6.11. The molecule has 60 heavy (non-hydrogen) atoms. The number of primary amides is 1. The molecule has 0 spiro atoms. The van der Waals surface area contributed by atoms with E-state index in [1.807, 2.05) is 5.32 Å². The first kappa shape index (κ1) is 51.9. The summed E-state index contributed by atoms with van der Waals surface area (Å²) in [5.74, 6) is -12.1. The molecule has 1 rings (SSSR count). The van der Waals surface area contributed by atoms with Crippen molar-refractivity contribution in [2.24, 2.45) is 39.6 Å². The average Bonchev–Trinajstić information content (AvgIpc) is 3.66. The molecule has 0 aromatic carbocycles. The van der Waals surface area contributed by atoms with Crippen LogP contribution in [0.1, 0.15) is 84.5 Å². The van der Waals surface area contributed by atoms with Crippen LogP contribution in [0.4, 0.5) is 0 Å². The number of unbranched alkanes of at least 4 members (excludes halogenated alkanes) is 1. The third-order valence-electron chi connectivity index (χ3n) is 9.54. The molecule has 1 heterocycles. The van der Waals surface area contributed by atoms with Crippen molar-refractivity contribution < 1.29 is 63.3 Å². The van der Waals surface area contributed by atoms with Crippen molar-refractivity contribution in [3.8, 4) is 0 Å². The molecule has 8 atom stereocenters. The number of hydrogen-bond donors (Lipinski definition) is 13. The summed E-state index contributed by atoms with van der Waals surface area (Å²) in [6, 6.07) is -10.4. The molecular formula is C35H60N12O13. The van der Waals surface area contributed by atoms with Gasteiger partial charge in [0, 0.05) is 13.1 Å². The summed E-state index contributed by atoms with van der Waals surface area (Å²) in [5.41, 5.74) is 27.2. The Balaban J connectivity index is 3.30. The highest BCUT2D eigenvalue weighted by molar-refractivity contribution is 5.98. The summed E-state index contributed by atoms with van der Waals surface area (Å²) < 4.78 is 0. The maximum atomic E-state index is 14.1. The van der Waals surface area contributed by atoms with E-state index >= 15 is 0 Å². The van der Waals surface area contributed by atoms with Crippen LogP contribution in [-0.4, -0.2) is 147 Å². The third kappa shape index (κ3) is 18.2. The summed E-state index contributed by atoms with van der Waals surface area (Å²) in [4.78, 5) is 132. The molecule has 0 aliphatic carbocycles. The first-order valence-corrected chi connectivity index (χ1v) is 19.4. The van der Waals surface area contributed by atoms with Gasteiger partial charge >= 0.3 is 17.9 Å². The Kier molecular flexibility index (Phi) is 22.6. The predicted molar refractivity (Wildman–Crippen MR) is 211 cm³/mol. The Morgan fingerprint density at radius 1 is 0.717 bits per heavy atom. The first-order valence-electron chi connectivity index (χ1n) is 19.4. The van der Waals surface area contributed by atoms with E-state index in [2.05, 4.69) is 26.3 Å². The van der Waals surface area contributed by atoms with Crippen LogP contribution in [0.3, 0.4) is 0 Å². The number of carbonyl (C=O) groups is 10. The second-order valence-electron chi connectivity index (χ2n) is 14.4. The molecule has 1 aliphatic heterocycles. The SMILES string of the molecule is CCC(C)C(NC(=O)C(CC(=O)O)NC(=O)C(N)CCCN=C(N)N)C(=O)NC(CCCCN)C(=O)N1CCCC1C(=O)NC(CC(=O)O)C(=O)NC(CC(N)=O)C(=O)O. The summed E-state index contributed by atoms with van der Waals surface area (Å²) >= 11 is 0. The smallest absolute Gasteiger partial charge is 0.326 e. The van der Waals surface area contributed by atoms with E-state index in [4.69, 9.17) is 28.7 Å². The number of guanidine groups is 1. The average molecular weight is 857 g/mol. The van der Waals surface area contributed by atoms with E-state index in [9.17, 15) is 63.3 Å². The maximum absolute atomic E-state index is 14.1. The van der Waals surface area contributed by atoms with Crippen LogP contribution in [0.5, 0.6) is 0 Å². The van der Waals surface area contributed by atoms with E-state index in [1.54, 1.807) is 13.8 Å². The number of aliphatic carboxylic acids is 3. The van der Waals surface area contributed by atoms with Gasteiger partial charge in [-0.15, -0.1) is 0 Å². The van der Waals surface area contributed by atoms with E-state index in [1.165, 1.54) is 0 Å². The lowest BCUT2D eigenvalue weighted by Crippen LogP contribution is -2.60. The molecule has 8 unspecified atom stereocenters. The fourth-order valence-electron chi connectivity index (χ4n) is 6.11. The van der Waals surface area contributed by atoms with E-state index in [-0.39, 0.29) is 51.3 Å². The number of nitrogens with zero attached hydrogens (tertiary/aromatic N) is 2. The zero-order valence-corrected chi connectivity index (χ0v) is 33.7. The molecule has 1 saturated heterocycles. The Morgan fingerprint density at radius 2 is 1.28 bits per heavy atom. The molecule has 0 aromatic heterocycles. The summed E-state index contributed by atoms with van der Waals surface area (Å²) in [5, 5.41) is 40.0. The monoisotopic (exact) mass is 856 g/mol. The van der Waals surface area contributed by atoms with Gasteiger partial charge in [-0.05, 0) is 57.4 Å². The molecule has 1 aliphatic rings. The lowest BCUT2D eigenvalue weighted by atomic mass is 9.96. The number of carboxylic acid groups (broad SMARTS) is 3. The molecule has 25 heteroatoms. The molecule has 0 aromatic rings. The van der Waals surface area contributed by atoms with Gasteiger partial charge in [0.05, 0.1) is 25.3 Å². The fraction of sp³-hybridized carbons (Fsp3) is 0.686. The van der Waals surface area contributed by atoms with Gasteiger partial charge in [-0.2, -0.15) is 0 Å². The number of aliphatic imine (C=N–C) groups is 1. The Labute approximate surface area is 345 Å².